The van der Waals surface area contributed by atoms with Crippen molar-refractivity contribution in [2.45, 2.75) is 51.0 Å². The fraction of sp³-hybridized carbons (Fsp3) is 0.611. The molecule has 3 N–H and O–H groups in total. The molecule has 1 aromatic carbocycles. The predicted molar refractivity (Wildman–Crippen MR) is 80.8 cm³/mol. The second kappa shape index (κ2) is 4.48. The van der Waals surface area contributed by atoms with Crippen LogP contribution in [0.15, 0.2) is 12.1 Å². The highest BCUT2D eigenvalue weighted by molar-refractivity contribution is 5.91. The predicted octanol–water partition coefficient (Wildman–Crippen LogP) is 2.49. The Morgan fingerprint density at radius 3 is 2.77 bits per heavy atom. The van der Waals surface area contributed by atoms with E-state index < -0.39 is 11.5 Å². The summed E-state index contributed by atoms with van der Waals surface area (Å²) in [5, 5.41) is 30.0. The molecule has 3 aliphatic carbocycles. The maximum atomic E-state index is 12.4. The van der Waals surface area contributed by atoms with Crippen molar-refractivity contribution in [1.82, 2.24) is 0 Å². The first-order chi connectivity index (χ1) is 10.4. The van der Waals surface area contributed by atoms with Crippen LogP contribution in [0, 0.1) is 17.3 Å². The Balaban J connectivity index is 1.76. The van der Waals surface area contributed by atoms with E-state index in [1.165, 1.54) is 6.07 Å². The molecule has 0 radical (unpaired) electrons. The van der Waals surface area contributed by atoms with Crippen LogP contribution in [-0.2, 0) is 11.2 Å². The summed E-state index contributed by atoms with van der Waals surface area (Å²) in [6, 6.07) is 3.18. The number of fused-ring (bicyclic) bond motifs is 5. The van der Waals surface area contributed by atoms with Crippen molar-refractivity contribution in [2.75, 3.05) is 0 Å². The van der Waals surface area contributed by atoms with Gasteiger partial charge in [-0.2, -0.15) is 0 Å². The van der Waals surface area contributed by atoms with Gasteiger partial charge in [-0.15, -0.1) is 0 Å². The van der Waals surface area contributed by atoms with E-state index in [9.17, 15) is 20.1 Å². The zero-order valence-electron chi connectivity index (χ0n) is 12.7. The van der Waals surface area contributed by atoms with Crippen molar-refractivity contribution >= 4 is 5.78 Å². The first kappa shape index (κ1) is 14.1. The molecule has 2 saturated carbocycles. The SMILES string of the molecule is C[C@]12CC[C@@H]3c4c(O)cc(O)cc4CC[C@@H]3[C@@H]1C[C@@H](O)C2=O. The lowest BCUT2D eigenvalue weighted by molar-refractivity contribution is -0.134. The van der Waals surface area contributed by atoms with Crippen molar-refractivity contribution in [2.24, 2.45) is 17.3 Å². The summed E-state index contributed by atoms with van der Waals surface area (Å²) in [6.45, 7) is 2.01. The van der Waals surface area contributed by atoms with Gasteiger partial charge >= 0.3 is 0 Å². The van der Waals surface area contributed by atoms with E-state index in [4.69, 9.17) is 0 Å². The molecule has 0 saturated heterocycles. The Morgan fingerprint density at radius 1 is 1.23 bits per heavy atom. The van der Waals surface area contributed by atoms with E-state index in [0.717, 1.165) is 36.8 Å². The fourth-order valence-corrected chi connectivity index (χ4v) is 5.47. The average Bonchev–Trinajstić information content (AvgIpc) is 2.70. The standard InChI is InChI=1S/C18H22O4/c1-18-5-4-12-11(13(18)8-15(21)17(18)22)3-2-9-6-10(19)7-14(20)16(9)12/h6-7,11-13,15,19-21H,2-5,8H2,1H3/t11-,12-,13-,15+,18-/m0/s1. The van der Waals surface area contributed by atoms with Crippen LogP contribution >= 0.6 is 0 Å². The lowest BCUT2D eigenvalue weighted by Gasteiger charge is -2.48. The van der Waals surface area contributed by atoms with Gasteiger partial charge in [0.2, 0.25) is 0 Å². The first-order valence-electron chi connectivity index (χ1n) is 8.19. The number of carbonyl (C=O) groups is 1. The normalized spacial score (nSPS) is 40.0. The van der Waals surface area contributed by atoms with Crippen LogP contribution in [0.3, 0.4) is 0 Å². The second-order valence-electron chi connectivity index (χ2n) is 7.53. The fourth-order valence-electron chi connectivity index (χ4n) is 5.47. The Bertz CT molecular complexity index is 653. The molecule has 0 aliphatic heterocycles. The zero-order chi connectivity index (χ0) is 15.6. The second-order valence-corrected chi connectivity index (χ2v) is 7.53. The van der Waals surface area contributed by atoms with Crippen LogP contribution in [0.25, 0.3) is 0 Å². The van der Waals surface area contributed by atoms with Gasteiger partial charge < -0.3 is 15.3 Å². The van der Waals surface area contributed by atoms with E-state index in [1.54, 1.807) is 6.07 Å². The molecule has 0 amide bonds. The molecule has 118 valence electrons. The number of hydrogen-bond acceptors (Lipinski definition) is 4. The highest BCUT2D eigenvalue weighted by Gasteiger charge is 2.58. The molecule has 1 aromatic rings. The molecule has 5 atom stereocenters. The van der Waals surface area contributed by atoms with E-state index in [2.05, 4.69) is 0 Å². The number of aliphatic hydroxyl groups is 1. The third kappa shape index (κ3) is 1.70. The minimum atomic E-state index is -0.816. The number of hydrogen-bond donors (Lipinski definition) is 3. The molecule has 0 spiro atoms. The summed E-state index contributed by atoms with van der Waals surface area (Å²) in [5.74, 6) is 1.08. The number of aromatic hydroxyl groups is 2. The summed E-state index contributed by atoms with van der Waals surface area (Å²) >= 11 is 0. The maximum absolute atomic E-state index is 12.4. The topological polar surface area (TPSA) is 77.8 Å². The van der Waals surface area contributed by atoms with Gasteiger partial charge in [0.15, 0.2) is 5.78 Å². The van der Waals surface area contributed by atoms with Gasteiger partial charge in [-0.25, -0.2) is 0 Å². The van der Waals surface area contributed by atoms with Gasteiger partial charge in [-0.1, -0.05) is 6.92 Å². The molecular weight excluding hydrogens is 280 g/mol. The molecular formula is C18H22O4. The minimum Gasteiger partial charge on any atom is -0.508 e. The molecule has 0 bridgehead atoms. The number of carbonyl (C=O) groups excluding carboxylic acids is 1. The number of ketones is 1. The van der Waals surface area contributed by atoms with Crippen molar-refractivity contribution in [3.05, 3.63) is 23.3 Å². The summed E-state index contributed by atoms with van der Waals surface area (Å²) in [7, 11) is 0. The molecule has 4 rings (SSSR count). The molecule has 3 aliphatic rings. The van der Waals surface area contributed by atoms with Crippen molar-refractivity contribution in [3.8, 4) is 11.5 Å². The number of aliphatic hydroxyl groups excluding tert-OH is 1. The van der Waals surface area contributed by atoms with E-state index in [-0.39, 0.29) is 29.1 Å². The lowest BCUT2D eigenvalue weighted by Crippen LogP contribution is -2.42. The molecule has 0 heterocycles. The number of Topliss-reactive ketones (excluding diaryl/α,β-unsaturated/α-hetero) is 1. The van der Waals surface area contributed by atoms with Gasteiger partial charge in [-0.3, -0.25) is 4.79 Å². The zero-order valence-corrected chi connectivity index (χ0v) is 12.7. The number of phenols is 2. The van der Waals surface area contributed by atoms with E-state index in [1.807, 2.05) is 6.92 Å². The first-order valence-corrected chi connectivity index (χ1v) is 8.19. The van der Waals surface area contributed by atoms with Gasteiger partial charge in [0.25, 0.3) is 0 Å². The summed E-state index contributed by atoms with van der Waals surface area (Å²) in [4.78, 5) is 12.4. The van der Waals surface area contributed by atoms with E-state index >= 15 is 0 Å². The Morgan fingerprint density at radius 2 is 2.00 bits per heavy atom. The van der Waals surface area contributed by atoms with Gasteiger partial charge in [-0.05, 0) is 61.5 Å². The molecule has 0 aromatic heterocycles. The molecule has 4 heteroatoms. The lowest BCUT2D eigenvalue weighted by atomic mass is 9.55. The highest BCUT2D eigenvalue weighted by atomic mass is 16.3. The summed E-state index contributed by atoms with van der Waals surface area (Å²) in [5.41, 5.74) is 1.60. The Labute approximate surface area is 129 Å². The number of phenolic OH excluding ortho intramolecular Hbond substituents is 2. The maximum Gasteiger partial charge on any atom is 0.167 e. The quantitative estimate of drug-likeness (QED) is 0.688. The number of aryl methyl sites for hydroxylation is 1. The van der Waals surface area contributed by atoms with Crippen LogP contribution in [-0.4, -0.2) is 27.2 Å². The van der Waals surface area contributed by atoms with Crippen LogP contribution in [0.2, 0.25) is 0 Å². The molecule has 2 fully saturated rings. The molecule has 22 heavy (non-hydrogen) atoms. The minimum absolute atomic E-state index is 0.0108. The smallest absolute Gasteiger partial charge is 0.167 e. The van der Waals surface area contributed by atoms with Gasteiger partial charge in [0.05, 0.1) is 0 Å². The third-order valence-electron chi connectivity index (χ3n) is 6.52. The molecule has 4 nitrogen and oxygen atoms in total. The van der Waals surface area contributed by atoms with Crippen molar-refractivity contribution < 1.29 is 20.1 Å². The molecule has 0 unspecified atom stereocenters. The Kier molecular flexibility index (Phi) is 2.86. The van der Waals surface area contributed by atoms with Crippen molar-refractivity contribution in [3.63, 3.8) is 0 Å². The van der Waals surface area contributed by atoms with Crippen LogP contribution in [0.5, 0.6) is 11.5 Å². The largest absolute Gasteiger partial charge is 0.508 e. The number of rotatable bonds is 0. The summed E-state index contributed by atoms with van der Waals surface area (Å²) in [6.07, 6.45) is 3.15. The Hall–Kier alpha value is -1.55. The van der Waals surface area contributed by atoms with Crippen LogP contribution in [0.1, 0.15) is 49.7 Å². The monoisotopic (exact) mass is 302 g/mol. The highest BCUT2D eigenvalue weighted by Crippen LogP contribution is 2.60. The van der Waals surface area contributed by atoms with Gasteiger partial charge in [0, 0.05) is 17.0 Å². The average molecular weight is 302 g/mol. The van der Waals surface area contributed by atoms with Gasteiger partial charge in [0.1, 0.15) is 17.6 Å². The van der Waals surface area contributed by atoms with Crippen LogP contribution < -0.4 is 0 Å². The summed E-state index contributed by atoms with van der Waals surface area (Å²) < 4.78 is 0. The number of benzene rings is 1. The van der Waals surface area contributed by atoms with E-state index in [0.29, 0.717) is 12.3 Å². The third-order valence-corrected chi connectivity index (χ3v) is 6.52. The van der Waals surface area contributed by atoms with Crippen LogP contribution in [0.4, 0.5) is 0 Å². The van der Waals surface area contributed by atoms with Crippen molar-refractivity contribution in [1.29, 1.82) is 0 Å².